The van der Waals surface area contributed by atoms with Crippen molar-refractivity contribution in [3.8, 4) is 11.5 Å². The summed E-state index contributed by atoms with van der Waals surface area (Å²) in [4.78, 5) is 28.2. The van der Waals surface area contributed by atoms with Crippen molar-refractivity contribution in [1.29, 1.82) is 0 Å². The maximum absolute atomic E-state index is 12.8. The first-order valence-electron chi connectivity index (χ1n) is 8.53. The number of aryl methyl sites for hydroxylation is 1. The third-order valence-electron chi connectivity index (χ3n) is 4.28. The molecule has 7 heteroatoms. The SMILES string of the molecule is Cc1cc(Cl)ccc1OCC(=O)N1C[C@@H](C(=O)N(C)C)Oc2ccccc21. The lowest BCUT2D eigenvalue weighted by molar-refractivity contribution is -0.136. The summed E-state index contributed by atoms with van der Waals surface area (Å²) in [7, 11) is 3.32. The number of rotatable bonds is 4. The third-order valence-corrected chi connectivity index (χ3v) is 4.51. The molecule has 0 fully saturated rings. The van der Waals surface area contributed by atoms with E-state index in [1.54, 1.807) is 50.5 Å². The molecule has 2 amide bonds. The summed E-state index contributed by atoms with van der Waals surface area (Å²) in [6.45, 7) is 1.84. The van der Waals surface area contributed by atoms with Crippen LogP contribution in [0.25, 0.3) is 0 Å². The molecule has 27 heavy (non-hydrogen) atoms. The number of likely N-dealkylation sites (N-methyl/N-ethyl adjacent to an activating group) is 1. The zero-order valence-electron chi connectivity index (χ0n) is 15.4. The Hall–Kier alpha value is -2.73. The number of nitrogens with zero attached hydrogens (tertiary/aromatic N) is 2. The average molecular weight is 389 g/mol. The Bertz CT molecular complexity index is 869. The molecular formula is C20H21ClN2O4. The maximum atomic E-state index is 12.8. The van der Waals surface area contributed by atoms with Crippen molar-refractivity contribution in [2.75, 3.05) is 32.1 Å². The van der Waals surface area contributed by atoms with Gasteiger partial charge < -0.3 is 19.3 Å². The molecule has 142 valence electrons. The van der Waals surface area contributed by atoms with E-state index in [1.165, 1.54) is 9.80 Å². The minimum absolute atomic E-state index is 0.135. The monoisotopic (exact) mass is 388 g/mol. The number of benzene rings is 2. The summed E-state index contributed by atoms with van der Waals surface area (Å²) in [5.74, 6) is 0.642. The van der Waals surface area contributed by atoms with Crippen LogP contribution in [0.4, 0.5) is 5.69 Å². The summed E-state index contributed by atoms with van der Waals surface area (Å²) in [5, 5.41) is 0.610. The smallest absolute Gasteiger partial charge is 0.265 e. The molecule has 2 aromatic rings. The normalized spacial score (nSPS) is 15.6. The van der Waals surface area contributed by atoms with Crippen molar-refractivity contribution in [2.24, 2.45) is 0 Å². The van der Waals surface area contributed by atoms with E-state index in [0.29, 0.717) is 22.2 Å². The zero-order chi connectivity index (χ0) is 19.6. The molecule has 3 rings (SSSR count). The van der Waals surface area contributed by atoms with E-state index in [1.807, 2.05) is 13.0 Å². The highest BCUT2D eigenvalue weighted by molar-refractivity contribution is 6.30. The Balaban J connectivity index is 1.78. The molecule has 0 unspecified atom stereocenters. The fourth-order valence-corrected chi connectivity index (χ4v) is 3.11. The van der Waals surface area contributed by atoms with E-state index in [-0.39, 0.29) is 25.0 Å². The van der Waals surface area contributed by atoms with Crippen molar-refractivity contribution in [3.63, 3.8) is 0 Å². The second-order valence-electron chi connectivity index (χ2n) is 6.51. The number of anilines is 1. The molecule has 0 bridgehead atoms. The van der Waals surface area contributed by atoms with Crippen molar-refractivity contribution in [3.05, 3.63) is 53.1 Å². The Morgan fingerprint density at radius 3 is 2.70 bits per heavy atom. The molecule has 0 aliphatic carbocycles. The quantitative estimate of drug-likeness (QED) is 0.808. The average Bonchev–Trinajstić information content (AvgIpc) is 2.65. The van der Waals surface area contributed by atoms with Crippen molar-refractivity contribution >= 4 is 29.1 Å². The first kappa shape index (κ1) is 19.0. The number of fused-ring (bicyclic) bond motifs is 1. The molecular weight excluding hydrogens is 368 g/mol. The number of para-hydroxylation sites is 2. The highest BCUT2D eigenvalue weighted by Crippen LogP contribution is 2.33. The van der Waals surface area contributed by atoms with E-state index in [4.69, 9.17) is 21.1 Å². The number of ether oxygens (including phenoxy) is 2. The first-order valence-corrected chi connectivity index (χ1v) is 8.91. The predicted octanol–water partition coefficient (Wildman–Crippen LogP) is 2.91. The summed E-state index contributed by atoms with van der Waals surface area (Å²) in [5.41, 5.74) is 1.47. The van der Waals surface area contributed by atoms with Gasteiger partial charge in [0.15, 0.2) is 12.7 Å². The van der Waals surface area contributed by atoms with E-state index in [9.17, 15) is 9.59 Å². The highest BCUT2D eigenvalue weighted by Gasteiger charge is 2.34. The van der Waals surface area contributed by atoms with Crippen LogP contribution in [0.1, 0.15) is 5.56 Å². The van der Waals surface area contributed by atoms with Gasteiger partial charge in [-0.3, -0.25) is 9.59 Å². The Kier molecular flexibility index (Phi) is 5.56. The van der Waals surface area contributed by atoms with Gasteiger partial charge in [0.2, 0.25) is 0 Å². The molecule has 0 aromatic heterocycles. The minimum atomic E-state index is -0.754. The third kappa shape index (κ3) is 4.17. The van der Waals surface area contributed by atoms with Gasteiger partial charge in [-0.25, -0.2) is 0 Å². The van der Waals surface area contributed by atoms with Gasteiger partial charge >= 0.3 is 0 Å². The summed E-state index contributed by atoms with van der Waals surface area (Å²) >= 11 is 5.95. The number of carbonyl (C=O) groups is 2. The topological polar surface area (TPSA) is 59.1 Å². The largest absolute Gasteiger partial charge is 0.483 e. The molecule has 0 saturated heterocycles. The lowest BCUT2D eigenvalue weighted by Crippen LogP contribution is -2.51. The van der Waals surface area contributed by atoms with Crippen LogP contribution in [0, 0.1) is 6.92 Å². The van der Waals surface area contributed by atoms with Gasteiger partial charge in [-0.05, 0) is 42.8 Å². The minimum Gasteiger partial charge on any atom is -0.483 e. The summed E-state index contributed by atoms with van der Waals surface area (Å²) < 4.78 is 11.5. The molecule has 0 saturated carbocycles. The molecule has 1 atom stereocenters. The van der Waals surface area contributed by atoms with E-state index in [2.05, 4.69) is 0 Å². The maximum Gasteiger partial charge on any atom is 0.265 e. The van der Waals surface area contributed by atoms with Crippen LogP contribution in [0.5, 0.6) is 11.5 Å². The van der Waals surface area contributed by atoms with Gasteiger partial charge in [0, 0.05) is 19.1 Å². The number of hydrogen-bond donors (Lipinski definition) is 0. The van der Waals surface area contributed by atoms with Crippen LogP contribution in [0.2, 0.25) is 5.02 Å². The van der Waals surface area contributed by atoms with E-state index < -0.39 is 6.10 Å². The Morgan fingerprint density at radius 2 is 2.00 bits per heavy atom. The molecule has 1 aliphatic rings. The van der Waals surface area contributed by atoms with E-state index >= 15 is 0 Å². The molecule has 6 nitrogen and oxygen atoms in total. The van der Waals surface area contributed by atoms with Gasteiger partial charge in [0.25, 0.3) is 11.8 Å². The number of hydrogen-bond acceptors (Lipinski definition) is 4. The van der Waals surface area contributed by atoms with Crippen molar-refractivity contribution < 1.29 is 19.1 Å². The standard InChI is InChI=1S/C20H21ClN2O4/c1-13-10-14(21)8-9-16(13)26-12-19(24)23-11-18(20(25)22(2)3)27-17-7-5-4-6-15(17)23/h4-10,18H,11-12H2,1-3H3/t18-/m0/s1. The summed E-state index contributed by atoms with van der Waals surface area (Å²) in [6, 6.07) is 12.4. The fraction of sp³-hybridized carbons (Fsp3) is 0.300. The van der Waals surface area contributed by atoms with Gasteiger partial charge in [0.05, 0.1) is 12.2 Å². The lowest BCUT2D eigenvalue weighted by atomic mass is 10.1. The van der Waals surface area contributed by atoms with Gasteiger partial charge in [-0.2, -0.15) is 0 Å². The Labute approximate surface area is 163 Å². The van der Waals surface area contributed by atoms with Crippen LogP contribution >= 0.6 is 11.6 Å². The second kappa shape index (κ2) is 7.88. The van der Waals surface area contributed by atoms with Crippen LogP contribution in [-0.4, -0.2) is 50.1 Å². The van der Waals surface area contributed by atoms with E-state index in [0.717, 1.165) is 5.56 Å². The fourth-order valence-electron chi connectivity index (χ4n) is 2.88. The van der Waals surface area contributed by atoms with Crippen LogP contribution in [0.15, 0.2) is 42.5 Å². The Morgan fingerprint density at radius 1 is 1.26 bits per heavy atom. The highest BCUT2D eigenvalue weighted by atomic mass is 35.5. The number of carbonyl (C=O) groups excluding carboxylic acids is 2. The van der Waals surface area contributed by atoms with Crippen LogP contribution < -0.4 is 14.4 Å². The predicted molar refractivity (Wildman–Crippen MR) is 104 cm³/mol. The van der Waals surface area contributed by atoms with Crippen LogP contribution in [-0.2, 0) is 9.59 Å². The molecule has 1 heterocycles. The zero-order valence-corrected chi connectivity index (χ0v) is 16.2. The molecule has 0 radical (unpaired) electrons. The number of halogens is 1. The second-order valence-corrected chi connectivity index (χ2v) is 6.95. The van der Waals surface area contributed by atoms with Gasteiger partial charge in [-0.15, -0.1) is 0 Å². The number of amides is 2. The molecule has 1 aliphatic heterocycles. The van der Waals surface area contributed by atoms with Gasteiger partial charge in [0.1, 0.15) is 11.5 Å². The molecule has 0 spiro atoms. The van der Waals surface area contributed by atoms with Gasteiger partial charge in [-0.1, -0.05) is 23.7 Å². The first-order chi connectivity index (χ1) is 12.9. The van der Waals surface area contributed by atoms with Crippen molar-refractivity contribution in [2.45, 2.75) is 13.0 Å². The van der Waals surface area contributed by atoms with Crippen LogP contribution in [0.3, 0.4) is 0 Å². The molecule has 0 N–H and O–H groups in total. The molecule has 2 aromatic carbocycles. The summed E-state index contributed by atoms with van der Waals surface area (Å²) in [6.07, 6.45) is -0.754. The van der Waals surface area contributed by atoms with Crippen molar-refractivity contribution in [1.82, 2.24) is 4.90 Å². The lowest BCUT2D eigenvalue weighted by Gasteiger charge is -2.35.